The Kier molecular flexibility index (Phi) is 4.79. The van der Waals surface area contributed by atoms with Crippen molar-refractivity contribution in [1.29, 1.82) is 0 Å². The van der Waals surface area contributed by atoms with Crippen molar-refractivity contribution in [3.63, 3.8) is 0 Å². The summed E-state index contributed by atoms with van der Waals surface area (Å²) in [5.41, 5.74) is 7.54. The van der Waals surface area contributed by atoms with Crippen molar-refractivity contribution in [3.05, 3.63) is 29.8 Å². The zero-order chi connectivity index (χ0) is 18.7. The fourth-order valence-electron chi connectivity index (χ4n) is 3.21. The largest absolute Gasteiger partial charge is 0.452 e. The van der Waals surface area contributed by atoms with Gasteiger partial charge in [-0.25, -0.2) is 9.59 Å². The smallest absolute Gasteiger partial charge is 0.344 e. The third kappa shape index (κ3) is 3.46. The lowest BCUT2D eigenvalue weighted by atomic mass is 9.82. The Morgan fingerprint density at radius 2 is 1.81 bits per heavy atom. The molecule has 0 bridgehead atoms. The first-order chi connectivity index (χ1) is 12.4. The number of rotatable bonds is 4. The first-order valence-electron chi connectivity index (χ1n) is 8.40. The molecule has 4 amide bonds. The summed E-state index contributed by atoms with van der Waals surface area (Å²) in [5.74, 6) is -1.95. The number of nitrogens with zero attached hydrogens (tertiary/aromatic N) is 1. The number of benzene rings is 1. The first-order valence-corrected chi connectivity index (χ1v) is 8.40. The summed E-state index contributed by atoms with van der Waals surface area (Å²) in [6, 6.07) is 5.34. The number of amides is 4. The Morgan fingerprint density at radius 1 is 1.15 bits per heavy atom. The third-order valence-electron chi connectivity index (χ3n) is 4.59. The molecule has 0 unspecified atom stereocenters. The molecular formula is C17H20N4O5. The number of nitrogens with two attached hydrogens (primary N) is 1. The molecule has 1 heterocycles. The number of hydrazine groups is 1. The number of urea groups is 1. The van der Waals surface area contributed by atoms with Gasteiger partial charge < -0.3 is 15.8 Å². The van der Waals surface area contributed by atoms with E-state index < -0.39 is 36.0 Å². The van der Waals surface area contributed by atoms with Gasteiger partial charge in [-0.05, 0) is 37.1 Å². The Balaban J connectivity index is 1.54. The Hall–Kier alpha value is -3.10. The van der Waals surface area contributed by atoms with Gasteiger partial charge in [0.1, 0.15) is 5.54 Å². The lowest BCUT2D eigenvalue weighted by molar-refractivity contribution is -0.140. The molecule has 9 nitrogen and oxygen atoms in total. The van der Waals surface area contributed by atoms with Crippen LogP contribution in [-0.2, 0) is 14.3 Å². The Bertz CT molecular complexity index is 740. The van der Waals surface area contributed by atoms with Gasteiger partial charge in [0, 0.05) is 5.69 Å². The van der Waals surface area contributed by atoms with Gasteiger partial charge in [0.15, 0.2) is 6.61 Å². The second-order valence-electron chi connectivity index (χ2n) is 6.45. The van der Waals surface area contributed by atoms with E-state index in [2.05, 4.69) is 10.7 Å². The van der Waals surface area contributed by atoms with Crippen molar-refractivity contribution >= 4 is 29.5 Å². The summed E-state index contributed by atoms with van der Waals surface area (Å²) in [6.07, 6.45) is 3.80. The van der Waals surface area contributed by atoms with E-state index in [1.807, 2.05) is 0 Å². The van der Waals surface area contributed by atoms with Gasteiger partial charge >= 0.3 is 12.0 Å². The number of nitrogen functional groups attached to an aromatic ring is 1. The van der Waals surface area contributed by atoms with Crippen molar-refractivity contribution in [1.82, 2.24) is 15.8 Å². The van der Waals surface area contributed by atoms with Crippen molar-refractivity contribution in [2.45, 2.75) is 37.6 Å². The van der Waals surface area contributed by atoms with E-state index in [1.165, 1.54) is 24.3 Å². The average molecular weight is 360 g/mol. The number of anilines is 1. The van der Waals surface area contributed by atoms with Crippen LogP contribution in [-0.4, -0.2) is 41.0 Å². The summed E-state index contributed by atoms with van der Waals surface area (Å²) >= 11 is 0. The van der Waals surface area contributed by atoms with E-state index in [4.69, 9.17) is 10.5 Å². The highest BCUT2D eigenvalue weighted by Crippen LogP contribution is 2.32. The summed E-state index contributed by atoms with van der Waals surface area (Å²) in [5, 5.41) is 3.34. The molecule has 1 saturated heterocycles. The maximum absolute atomic E-state index is 12.5. The van der Waals surface area contributed by atoms with Gasteiger partial charge in [0.05, 0.1) is 5.56 Å². The molecule has 0 aromatic heterocycles. The molecule has 1 aliphatic heterocycles. The van der Waals surface area contributed by atoms with E-state index in [1.54, 1.807) is 0 Å². The number of nitrogens with one attached hydrogen (secondary N) is 2. The lowest BCUT2D eigenvalue weighted by Gasteiger charge is -2.30. The molecule has 4 N–H and O–H groups in total. The molecule has 26 heavy (non-hydrogen) atoms. The van der Waals surface area contributed by atoms with E-state index >= 15 is 0 Å². The molecule has 0 atom stereocenters. The van der Waals surface area contributed by atoms with Crippen LogP contribution in [0.25, 0.3) is 0 Å². The molecule has 1 saturated carbocycles. The second kappa shape index (κ2) is 7.03. The molecule has 1 aromatic rings. The van der Waals surface area contributed by atoms with E-state index in [0.29, 0.717) is 23.5 Å². The third-order valence-corrected chi connectivity index (χ3v) is 4.59. The summed E-state index contributed by atoms with van der Waals surface area (Å²) in [7, 11) is 0. The van der Waals surface area contributed by atoms with E-state index in [9.17, 15) is 19.2 Å². The number of hydrogen-bond acceptors (Lipinski definition) is 6. The second-order valence-corrected chi connectivity index (χ2v) is 6.45. The van der Waals surface area contributed by atoms with Gasteiger partial charge in [0.25, 0.3) is 11.8 Å². The van der Waals surface area contributed by atoms with Crippen molar-refractivity contribution in [3.8, 4) is 0 Å². The maximum atomic E-state index is 12.5. The number of esters is 1. The summed E-state index contributed by atoms with van der Waals surface area (Å²) < 4.78 is 4.89. The topological polar surface area (TPSA) is 131 Å². The van der Waals surface area contributed by atoms with Crippen LogP contribution >= 0.6 is 0 Å². The summed E-state index contributed by atoms with van der Waals surface area (Å²) in [6.45, 7) is -0.618. The zero-order valence-electron chi connectivity index (χ0n) is 14.1. The highest BCUT2D eigenvalue weighted by Gasteiger charge is 2.52. The number of hydrogen-bond donors (Lipinski definition) is 3. The van der Waals surface area contributed by atoms with Crippen LogP contribution in [0.2, 0.25) is 0 Å². The minimum atomic E-state index is -0.927. The van der Waals surface area contributed by atoms with Gasteiger partial charge in [-0.2, -0.15) is 5.01 Å². The van der Waals surface area contributed by atoms with Crippen LogP contribution in [0.15, 0.2) is 24.3 Å². The van der Waals surface area contributed by atoms with E-state index in [-0.39, 0.29) is 5.56 Å². The Morgan fingerprint density at radius 3 is 2.46 bits per heavy atom. The van der Waals surface area contributed by atoms with E-state index in [0.717, 1.165) is 19.3 Å². The quantitative estimate of drug-likeness (QED) is 0.412. The van der Waals surface area contributed by atoms with Crippen molar-refractivity contribution < 1.29 is 23.9 Å². The van der Waals surface area contributed by atoms with Crippen LogP contribution in [0.5, 0.6) is 0 Å². The molecular weight excluding hydrogens is 340 g/mol. The SMILES string of the molecule is Nc1ccc(C(=O)OCC(=O)NN2C(=O)NC3(CCCCC3)C2=O)cc1. The molecule has 138 valence electrons. The molecule has 3 rings (SSSR count). The van der Waals surface area contributed by atoms with Gasteiger partial charge in [-0.1, -0.05) is 19.3 Å². The van der Waals surface area contributed by atoms with Gasteiger partial charge in [-0.15, -0.1) is 0 Å². The molecule has 1 aliphatic carbocycles. The monoisotopic (exact) mass is 360 g/mol. The molecule has 9 heteroatoms. The van der Waals surface area contributed by atoms with Crippen LogP contribution < -0.4 is 16.5 Å². The van der Waals surface area contributed by atoms with Crippen LogP contribution in [0.3, 0.4) is 0 Å². The molecule has 1 spiro atoms. The fourth-order valence-corrected chi connectivity index (χ4v) is 3.21. The van der Waals surface area contributed by atoms with Crippen molar-refractivity contribution in [2.75, 3.05) is 12.3 Å². The lowest BCUT2D eigenvalue weighted by Crippen LogP contribution is -2.51. The normalized spacial score (nSPS) is 18.5. The van der Waals surface area contributed by atoms with Gasteiger partial charge in [-0.3, -0.25) is 15.0 Å². The molecule has 1 aromatic carbocycles. The predicted octanol–water partition coefficient (Wildman–Crippen LogP) is 0.711. The number of carbonyl (C=O) groups is 4. The number of ether oxygens (including phenoxy) is 1. The fraction of sp³-hybridized carbons (Fsp3) is 0.412. The first kappa shape index (κ1) is 17.7. The number of imide groups is 1. The summed E-state index contributed by atoms with van der Waals surface area (Å²) in [4.78, 5) is 48.4. The van der Waals surface area contributed by atoms with Crippen molar-refractivity contribution in [2.24, 2.45) is 0 Å². The van der Waals surface area contributed by atoms with Crippen LogP contribution in [0.1, 0.15) is 42.5 Å². The number of carbonyl (C=O) groups excluding carboxylic acids is 4. The molecule has 2 aliphatic rings. The van der Waals surface area contributed by atoms with Crippen LogP contribution in [0, 0.1) is 0 Å². The average Bonchev–Trinajstić information content (AvgIpc) is 2.85. The van der Waals surface area contributed by atoms with Crippen LogP contribution in [0.4, 0.5) is 10.5 Å². The predicted molar refractivity (Wildman–Crippen MR) is 90.5 cm³/mol. The Labute approximate surface area is 149 Å². The molecule has 2 fully saturated rings. The highest BCUT2D eigenvalue weighted by molar-refractivity contribution is 6.08. The molecule has 0 radical (unpaired) electrons. The zero-order valence-corrected chi connectivity index (χ0v) is 14.1. The minimum absolute atomic E-state index is 0.239. The highest BCUT2D eigenvalue weighted by atomic mass is 16.5. The maximum Gasteiger partial charge on any atom is 0.344 e. The standard InChI is InChI=1S/C17H20N4O5/c18-12-6-4-11(5-7-12)14(23)26-10-13(22)20-21-15(24)17(19-16(21)25)8-2-1-3-9-17/h4-7H,1-3,8-10,18H2,(H,19,25)(H,20,22). The van der Waals surface area contributed by atoms with Gasteiger partial charge in [0.2, 0.25) is 0 Å². The minimum Gasteiger partial charge on any atom is -0.452 e.